The lowest BCUT2D eigenvalue weighted by Gasteiger charge is -2.18. The fourth-order valence-corrected chi connectivity index (χ4v) is 7.12. The first-order valence-corrected chi connectivity index (χ1v) is 23.9. The van der Waals surface area contributed by atoms with E-state index < -0.39 is 6.10 Å². The highest BCUT2D eigenvalue weighted by Gasteiger charge is 2.19. The summed E-state index contributed by atoms with van der Waals surface area (Å²) in [4.78, 5) is 37.7. The van der Waals surface area contributed by atoms with Crippen LogP contribution < -0.4 is 0 Å². The lowest BCUT2D eigenvalue weighted by Crippen LogP contribution is -2.30. The molecule has 0 heterocycles. The molecule has 6 nitrogen and oxygen atoms in total. The summed E-state index contributed by atoms with van der Waals surface area (Å²) in [6.45, 7) is 9.02. The van der Waals surface area contributed by atoms with Crippen LogP contribution in [0.3, 0.4) is 0 Å². The van der Waals surface area contributed by atoms with Crippen LogP contribution in [-0.2, 0) is 28.6 Å². The number of rotatable bonds is 43. The standard InChI is InChI=1S/C48H92O6/c1-5-8-10-12-14-16-18-19-24-27-31-35-39-46(49)52-42-45(54-48(51)41-37-33-29-23-17-15-13-11-9-6-2)43-53-47(50)40-36-32-28-25-21-20-22-26-30-34-38-44(4)7-3/h44-45H,5-43H2,1-4H3/t44?,45-/m0/s1. The van der Waals surface area contributed by atoms with Gasteiger partial charge in [0.1, 0.15) is 13.2 Å². The van der Waals surface area contributed by atoms with Gasteiger partial charge in [-0.15, -0.1) is 0 Å². The third-order valence-corrected chi connectivity index (χ3v) is 11.2. The Kier molecular flexibility index (Phi) is 41.3. The van der Waals surface area contributed by atoms with Crippen LogP contribution in [0.5, 0.6) is 0 Å². The third-order valence-electron chi connectivity index (χ3n) is 11.2. The van der Waals surface area contributed by atoms with E-state index in [0.29, 0.717) is 19.3 Å². The molecule has 0 radical (unpaired) electrons. The van der Waals surface area contributed by atoms with Gasteiger partial charge in [-0.1, -0.05) is 227 Å². The zero-order valence-electron chi connectivity index (χ0n) is 36.7. The summed E-state index contributed by atoms with van der Waals surface area (Å²) < 4.78 is 16.7. The van der Waals surface area contributed by atoms with Gasteiger partial charge in [0.15, 0.2) is 6.10 Å². The van der Waals surface area contributed by atoms with Gasteiger partial charge in [-0.25, -0.2) is 0 Å². The topological polar surface area (TPSA) is 78.9 Å². The highest BCUT2D eigenvalue weighted by molar-refractivity contribution is 5.71. The quantitative estimate of drug-likeness (QED) is 0.0349. The average molecular weight is 765 g/mol. The van der Waals surface area contributed by atoms with E-state index in [4.69, 9.17) is 14.2 Å². The molecule has 0 aromatic heterocycles. The molecule has 0 saturated heterocycles. The Balaban J connectivity index is 4.31. The number of hydrogen-bond acceptors (Lipinski definition) is 6. The van der Waals surface area contributed by atoms with E-state index >= 15 is 0 Å². The largest absolute Gasteiger partial charge is 0.462 e. The number of carbonyl (C=O) groups excluding carboxylic acids is 3. The lowest BCUT2D eigenvalue weighted by molar-refractivity contribution is -0.167. The summed E-state index contributed by atoms with van der Waals surface area (Å²) in [7, 11) is 0. The van der Waals surface area contributed by atoms with Crippen molar-refractivity contribution in [3.05, 3.63) is 0 Å². The summed E-state index contributed by atoms with van der Waals surface area (Å²) in [6.07, 6.45) is 42.2. The van der Waals surface area contributed by atoms with Crippen LogP contribution in [0.1, 0.15) is 265 Å². The fraction of sp³-hybridized carbons (Fsp3) is 0.938. The van der Waals surface area contributed by atoms with Crippen LogP contribution in [0.4, 0.5) is 0 Å². The summed E-state index contributed by atoms with van der Waals surface area (Å²) in [5, 5.41) is 0. The molecule has 0 amide bonds. The van der Waals surface area contributed by atoms with Crippen molar-refractivity contribution < 1.29 is 28.6 Å². The molecular formula is C48H92O6. The van der Waals surface area contributed by atoms with Crippen molar-refractivity contribution in [3.8, 4) is 0 Å². The van der Waals surface area contributed by atoms with Crippen LogP contribution in [0.15, 0.2) is 0 Å². The first-order chi connectivity index (χ1) is 26.4. The van der Waals surface area contributed by atoms with Gasteiger partial charge in [0, 0.05) is 19.3 Å². The van der Waals surface area contributed by atoms with E-state index in [0.717, 1.165) is 63.7 Å². The molecule has 0 rings (SSSR count). The predicted octanol–water partition coefficient (Wildman–Crippen LogP) is 15.1. The molecule has 0 fully saturated rings. The van der Waals surface area contributed by atoms with Crippen LogP contribution in [0, 0.1) is 5.92 Å². The number of ether oxygens (including phenoxy) is 3. The average Bonchev–Trinajstić information content (AvgIpc) is 3.17. The van der Waals surface area contributed by atoms with E-state index in [1.165, 1.54) is 161 Å². The molecular weight excluding hydrogens is 673 g/mol. The zero-order valence-corrected chi connectivity index (χ0v) is 36.7. The van der Waals surface area contributed by atoms with Gasteiger partial charge in [-0.05, 0) is 25.2 Å². The molecule has 1 unspecified atom stereocenters. The Bertz CT molecular complexity index is 813. The maximum atomic E-state index is 12.7. The van der Waals surface area contributed by atoms with Crippen LogP contribution >= 0.6 is 0 Å². The Morgan fingerprint density at radius 2 is 0.648 bits per heavy atom. The normalized spacial score (nSPS) is 12.4. The number of carbonyl (C=O) groups is 3. The van der Waals surface area contributed by atoms with E-state index in [2.05, 4.69) is 27.7 Å². The number of esters is 3. The number of hydrogen-bond donors (Lipinski definition) is 0. The Morgan fingerprint density at radius 3 is 0.963 bits per heavy atom. The molecule has 6 heteroatoms. The second-order valence-corrected chi connectivity index (χ2v) is 16.6. The zero-order chi connectivity index (χ0) is 39.6. The van der Waals surface area contributed by atoms with Gasteiger partial charge in [0.25, 0.3) is 0 Å². The van der Waals surface area contributed by atoms with Crippen molar-refractivity contribution in [2.45, 2.75) is 271 Å². The van der Waals surface area contributed by atoms with Crippen molar-refractivity contribution in [1.82, 2.24) is 0 Å². The number of unbranched alkanes of at least 4 members (excludes halogenated alkanes) is 29. The fourth-order valence-electron chi connectivity index (χ4n) is 7.12. The highest BCUT2D eigenvalue weighted by atomic mass is 16.6. The maximum absolute atomic E-state index is 12.7. The minimum Gasteiger partial charge on any atom is -0.462 e. The van der Waals surface area contributed by atoms with Crippen molar-refractivity contribution >= 4 is 17.9 Å². The van der Waals surface area contributed by atoms with Gasteiger partial charge in [0.2, 0.25) is 0 Å². The van der Waals surface area contributed by atoms with Crippen molar-refractivity contribution in [1.29, 1.82) is 0 Å². The van der Waals surface area contributed by atoms with Gasteiger partial charge in [-0.3, -0.25) is 14.4 Å². The van der Waals surface area contributed by atoms with Gasteiger partial charge < -0.3 is 14.2 Å². The highest BCUT2D eigenvalue weighted by Crippen LogP contribution is 2.17. The predicted molar refractivity (Wildman–Crippen MR) is 229 cm³/mol. The monoisotopic (exact) mass is 765 g/mol. The van der Waals surface area contributed by atoms with Gasteiger partial charge >= 0.3 is 17.9 Å². The molecule has 2 atom stereocenters. The molecule has 320 valence electrons. The van der Waals surface area contributed by atoms with Crippen molar-refractivity contribution in [3.63, 3.8) is 0 Å². The Morgan fingerprint density at radius 1 is 0.370 bits per heavy atom. The molecule has 0 aliphatic rings. The first-order valence-electron chi connectivity index (χ1n) is 23.9. The molecule has 0 aliphatic heterocycles. The minimum absolute atomic E-state index is 0.0635. The van der Waals surface area contributed by atoms with Crippen molar-refractivity contribution in [2.24, 2.45) is 5.92 Å². The van der Waals surface area contributed by atoms with Gasteiger partial charge in [-0.2, -0.15) is 0 Å². The first kappa shape index (κ1) is 52.4. The van der Waals surface area contributed by atoms with Crippen LogP contribution in [0.2, 0.25) is 0 Å². The van der Waals surface area contributed by atoms with E-state index in [1.807, 2.05) is 0 Å². The molecule has 0 aromatic carbocycles. The SMILES string of the molecule is CCCCCCCCCCCCCCC(=O)OC[C@@H](COC(=O)CCCCCCCCCCCCC(C)CC)OC(=O)CCCCCCCCCCCC. The van der Waals surface area contributed by atoms with E-state index in [1.54, 1.807) is 0 Å². The second kappa shape index (κ2) is 42.6. The summed E-state index contributed by atoms with van der Waals surface area (Å²) in [5.41, 5.74) is 0. The smallest absolute Gasteiger partial charge is 0.306 e. The Hall–Kier alpha value is -1.59. The molecule has 0 spiro atoms. The van der Waals surface area contributed by atoms with Gasteiger partial charge in [0.05, 0.1) is 0 Å². The lowest BCUT2D eigenvalue weighted by atomic mass is 9.99. The van der Waals surface area contributed by atoms with E-state index in [9.17, 15) is 14.4 Å². The second-order valence-electron chi connectivity index (χ2n) is 16.6. The summed E-state index contributed by atoms with van der Waals surface area (Å²) in [5.74, 6) is 0.0177. The molecule has 0 aromatic rings. The Labute approximate surface area is 336 Å². The minimum atomic E-state index is -0.759. The molecule has 0 aliphatic carbocycles. The van der Waals surface area contributed by atoms with Crippen molar-refractivity contribution in [2.75, 3.05) is 13.2 Å². The summed E-state index contributed by atoms with van der Waals surface area (Å²) >= 11 is 0. The van der Waals surface area contributed by atoms with Crippen LogP contribution in [-0.4, -0.2) is 37.2 Å². The van der Waals surface area contributed by atoms with E-state index in [-0.39, 0.29) is 31.1 Å². The molecule has 0 N–H and O–H groups in total. The third kappa shape index (κ3) is 40.1. The molecule has 54 heavy (non-hydrogen) atoms. The maximum Gasteiger partial charge on any atom is 0.306 e. The molecule has 0 bridgehead atoms. The molecule has 0 saturated carbocycles. The summed E-state index contributed by atoms with van der Waals surface area (Å²) in [6, 6.07) is 0. The van der Waals surface area contributed by atoms with Crippen LogP contribution in [0.25, 0.3) is 0 Å².